The molecular weight excluding hydrogens is 286 g/mol. The molecule has 1 aliphatic carbocycles. The SMILES string of the molecule is CN(Cc1ccsc1)C(=O)CC1(CC(=O)O)CCCCC1. The number of nitrogens with zero attached hydrogens (tertiary/aromatic N) is 1. The van der Waals surface area contributed by atoms with E-state index >= 15 is 0 Å². The molecule has 21 heavy (non-hydrogen) atoms. The molecule has 0 unspecified atom stereocenters. The summed E-state index contributed by atoms with van der Waals surface area (Å²) in [5.74, 6) is -0.727. The summed E-state index contributed by atoms with van der Waals surface area (Å²) in [5.41, 5.74) is 0.802. The van der Waals surface area contributed by atoms with Crippen LogP contribution in [0.4, 0.5) is 0 Å². The van der Waals surface area contributed by atoms with Crippen molar-refractivity contribution in [3.05, 3.63) is 22.4 Å². The van der Waals surface area contributed by atoms with Crippen LogP contribution in [0.25, 0.3) is 0 Å². The van der Waals surface area contributed by atoms with Crippen molar-refractivity contribution < 1.29 is 14.7 Å². The summed E-state index contributed by atoms with van der Waals surface area (Å²) in [5, 5.41) is 13.2. The number of carboxylic acids is 1. The molecule has 0 saturated heterocycles. The molecule has 1 saturated carbocycles. The first kappa shape index (κ1) is 16.0. The van der Waals surface area contributed by atoms with Crippen LogP contribution < -0.4 is 0 Å². The molecule has 0 aromatic carbocycles. The summed E-state index contributed by atoms with van der Waals surface area (Å²) in [6.07, 6.45) is 5.42. The van der Waals surface area contributed by atoms with Crippen molar-refractivity contribution in [3.8, 4) is 0 Å². The molecule has 0 spiro atoms. The van der Waals surface area contributed by atoms with Crippen LogP contribution in [0.15, 0.2) is 16.8 Å². The highest BCUT2D eigenvalue weighted by Gasteiger charge is 2.37. The summed E-state index contributed by atoms with van der Waals surface area (Å²) in [6.45, 7) is 0.603. The second-order valence-electron chi connectivity index (χ2n) is 6.19. The molecule has 1 heterocycles. The third kappa shape index (κ3) is 4.56. The van der Waals surface area contributed by atoms with E-state index in [4.69, 9.17) is 5.11 Å². The van der Waals surface area contributed by atoms with E-state index in [0.717, 1.165) is 37.7 Å². The lowest BCUT2D eigenvalue weighted by atomic mass is 9.69. The van der Waals surface area contributed by atoms with Crippen LogP contribution in [0, 0.1) is 5.41 Å². The molecular formula is C16H23NO3S. The number of amides is 1. The van der Waals surface area contributed by atoms with Gasteiger partial charge >= 0.3 is 5.97 Å². The molecule has 116 valence electrons. The highest BCUT2D eigenvalue weighted by molar-refractivity contribution is 7.07. The number of carboxylic acid groups (broad SMARTS) is 1. The van der Waals surface area contributed by atoms with Crippen LogP contribution in [-0.4, -0.2) is 28.9 Å². The van der Waals surface area contributed by atoms with Crippen molar-refractivity contribution in [2.75, 3.05) is 7.05 Å². The largest absolute Gasteiger partial charge is 0.481 e. The molecule has 0 radical (unpaired) electrons. The Kier molecular flexibility index (Phi) is 5.39. The molecule has 1 aromatic heterocycles. The summed E-state index contributed by atoms with van der Waals surface area (Å²) in [4.78, 5) is 25.3. The zero-order chi connectivity index (χ0) is 15.3. The lowest BCUT2D eigenvalue weighted by Crippen LogP contribution is -2.35. The van der Waals surface area contributed by atoms with Crippen molar-refractivity contribution >= 4 is 23.2 Å². The van der Waals surface area contributed by atoms with Gasteiger partial charge in [-0.3, -0.25) is 9.59 Å². The lowest BCUT2D eigenvalue weighted by molar-refractivity contribution is -0.142. The average Bonchev–Trinajstić information content (AvgIpc) is 2.91. The number of aliphatic carboxylic acids is 1. The van der Waals surface area contributed by atoms with Gasteiger partial charge in [-0.15, -0.1) is 0 Å². The summed E-state index contributed by atoms with van der Waals surface area (Å²) in [6, 6.07) is 2.02. The number of rotatable bonds is 6. The Bertz CT molecular complexity index is 478. The van der Waals surface area contributed by atoms with Crippen molar-refractivity contribution in [2.24, 2.45) is 5.41 Å². The van der Waals surface area contributed by atoms with Gasteiger partial charge in [-0.05, 0) is 40.6 Å². The maximum absolute atomic E-state index is 12.5. The minimum Gasteiger partial charge on any atom is -0.481 e. The Morgan fingerprint density at radius 1 is 1.29 bits per heavy atom. The maximum Gasteiger partial charge on any atom is 0.303 e. The van der Waals surface area contributed by atoms with E-state index in [-0.39, 0.29) is 17.7 Å². The van der Waals surface area contributed by atoms with Gasteiger partial charge in [-0.25, -0.2) is 0 Å². The van der Waals surface area contributed by atoms with Crippen LogP contribution in [0.1, 0.15) is 50.5 Å². The van der Waals surface area contributed by atoms with E-state index in [1.165, 1.54) is 0 Å². The van der Waals surface area contributed by atoms with Crippen LogP contribution in [0.3, 0.4) is 0 Å². The molecule has 1 amide bonds. The number of hydrogen-bond acceptors (Lipinski definition) is 3. The zero-order valence-corrected chi connectivity index (χ0v) is 13.3. The zero-order valence-electron chi connectivity index (χ0n) is 12.5. The van der Waals surface area contributed by atoms with Crippen molar-refractivity contribution in [1.29, 1.82) is 0 Å². The summed E-state index contributed by atoms with van der Waals surface area (Å²) < 4.78 is 0. The van der Waals surface area contributed by atoms with Gasteiger partial charge in [-0.2, -0.15) is 11.3 Å². The van der Waals surface area contributed by atoms with E-state index in [1.54, 1.807) is 23.3 Å². The Morgan fingerprint density at radius 3 is 2.57 bits per heavy atom. The van der Waals surface area contributed by atoms with E-state index in [1.807, 2.05) is 16.8 Å². The highest BCUT2D eigenvalue weighted by Crippen LogP contribution is 2.42. The number of carbonyl (C=O) groups excluding carboxylic acids is 1. The molecule has 5 heteroatoms. The van der Waals surface area contributed by atoms with Crippen LogP contribution >= 0.6 is 11.3 Å². The van der Waals surface area contributed by atoms with Gasteiger partial charge in [0.1, 0.15) is 0 Å². The molecule has 2 rings (SSSR count). The molecule has 1 fully saturated rings. The third-order valence-corrected chi connectivity index (χ3v) is 5.12. The fourth-order valence-electron chi connectivity index (χ4n) is 3.24. The van der Waals surface area contributed by atoms with Crippen molar-refractivity contribution in [1.82, 2.24) is 4.90 Å². The smallest absolute Gasteiger partial charge is 0.303 e. The quantitative estimate of drug-likeness (QED) is 0.874. The molecule has 1 N–H and O–H groups in total. The normalized spacial score (nSPS) is 17.4. The highest BCUT2D eigenvalue weighted by atomic mass is 32.1. The van der Waals surface area contributed by atoms with Crippen LogP contribution in [0.2, 0.25) is 0 Å². The lowest BCUT2D eigenvalue weighted by Gasteiger charge is -2.36. The predicted molar refractivity (Wildman–Crippen MR) is 83.2 cm³/mol. The first-order valence-electron chi connectivity index (χ1n) is 7.48. The predicted octanol–water partition coefficient (Wildman–Crippen LogP) is 3.52. The van der Waals surface area contributed by atoms with Crippen molar-refractivity contribution in [3.63, 3.8) is 0 Å². The third-order valence-electron chi connectivity index (χ3n) is 4.39. The Labute approximate surface area is 129 Å². The van der Waals surface area contributed by atoms with Gasteiger partial charge in [0.2, 0.25) is 5.91 Å². The minimum atomic E-state index is -0.787. The fourth-order valence-corrected chi connectivity index (χ4v) is 3.90. The first-order chi connectivity index (χ1) is 10.0. The van der Waals surface area contributed by atoms with Gasteiger partial charge in [0.05, 0.1) is 6.42 Å². The van der Waals surface area contributed by atoms with E-state index in [0.29, 0.717) is 13.0 Å². The van der Waals surface area contributed by atoms with Gasteiger partial charge in [0, 0.05) is 20.0 Å². The molecule has 4 nitrogen and oxygen atoms in total. The second kappa shape index (κ2) is 7.07. The number of thiophene rings is 1. The molecule has 0 bridgehead atoms. The summed E-state index contributed by atoms with van der Waals surface area (Å²) >= 11 is 1.62. The van der Waals surface area contributed by atoms with E-state index in [2.05, 4.69) is 0 Å². The van der Waals surface area contributed by atoms with Gasteiger partial charge in [-0.1, -0.05) is 19.3 Å². The maximum atomic E-state index is 12.5. The monoisotopic (exact) mass is 309 g/mol. The van der Waals surface area contributed by atoms with Crippen LogP contribution in [-0.2, 0) is 16.1 Å². The van der Waals surface area contributed by atoms with Crippen molar-refractivity contribution in [2.45, 2.75) is 51.5 Å². The molecule has 0 aliphatic heterocycles. The number of hydrogen-bond donors (Lipinski definition) is 1. The summed E-state index contributed by atoms with van der Waals surface area (Å²) in [7, 11) is 1.80. The first-order valence-corrected chi connectivity index (χ1v) is 8.42. The van der Waals surface area contributed by atoms with E-state index in [9.17, 15) is 9.59 Å². The van der Waals surface area contributed by atoms with Crippen LogP contribution in [0.5, 0.6) is 0 Å². The molecule has 0 atom stereocenters. The second-order valence-corrected chi connectivity index (χ2v) is 6.97. The molecule has 1 aromatic rings. The van der Waals surface area contributed by atoms with Gasteiger partial charge in [0.25, 0.3) is 0 Å². The van der Waals surface area contributed by atoms with Gasteiger partial charge < -0.3 is 10.0 Å². The van der Waals surface area contributed by atoms with E-state index < -0.39 is 5.97 Å². The fraction of sp³-hybridized carbons (Fsp3) is 0.625. The topological polar surface area (TPSA) is 57.6 Å². The number of carbonyl (C=O) groups is 2. The Morgan fingerprint density at radius 2 is 2.00 bits per heavy atom. The van der Waals surface area contributed by atoms with Gasteiger partial charge in [0.15, 0.2) is 0 Å². The Hall–Kier alpha value is -1.36. The Balaban J connectivity index is 1.98. The standard InChI is InChI=1S/C16H23NO3S/c1-17(11-13-5-8-21-12-13)14(18)9-16(10-15(19)20)6-3-2-4-7-16/h5,8,12H,2-4,6-7,9-11H2,1H3,(H,19,20). The minimum absolute atomic E-state index is 0.0596. The molecule has 1 aliphatic rings. The average molecular weight is 309 g/mol.